The van der Waals surface area contributed by atoms with Gasteiger partial charge in [-0.15, -0.1) is 0 Å². The molecule has 0 spiro atoms. The number of nitrogens with zero attached hydrogens (tertiary/aromatic N) is 2. The first-order valence-electron chi connectivity index (χ1n) is 3.66. The Morgan fingerprint density at radius 2 is 2.38 bits per heavy atom. The lowest BCUT2D eigenvalue weighted by Crippen LogP contribution is -2.00. The molecule has 0 aliphatic carbocycles. The van der Waals surface area contributed by atoms with Gasteiger partial charge in [-0.05, 0) is 22.9 Å². The second kappa shape index (κ2) is 3.78. The molecule has 1 rings (SSSR count). The van der Waals surface area contributed by atoms with Crippen LogP contribution in [0.4, 0.5) is 0 Å². The normalized spacial score (nSPS) is 10.1. The van der Waals surface area contributed by atoms with E-state index in [-0.39, 0.29) is 5.69 Å². The van der Waals surface area contributed by atoms with Gasteiger partial charge in [0.25, 0.3) is 0 Å². The largest absolute Gasteiger partial charge is 0.477 e. The number of ether oxygens (including phenoxy) is 1. The van der Waals surface area contributed by atoms with Gasteiger partial charge in [0.05, 0.1) is 6.61 Å². The third-order valence-corrected chi connectivity index (χ3v) is 2.14. The van der Waals surface area contributed by atoms with E-state index in [2.05, 4.69) is 21.0 Å². The zero-order valence-electron chi connectivity index (χ0n) is 7.24. The zero-order chi connectivity index (χ0) is 10.0. The van der Waals surface area contributed by atoms with Gasteiger partial charge in [-0.3, -0.25) is 0 Å². The molecule has 1 aromatic rings. The van der Waals surface area contributed by atoms with Crippen molar-refractivity contribution in [2.24, 2.45) is 7.05 Å². The van der Waals surface area contributed by atoms with Crippen molar-refractivity contribution in [3.63, 3.8) is 0 Å². The van der Waals surface area contributed by atoms with Crippen LogP contribution in [-0.4, -0.2) is 27.5 Å². The molecule has 0 amide bonds. The molecule has 0 aliphatic heterocycles. The van der Waals surface area contributed by atoms with E-state index in [0.29, 0.717) is 17.0 Å². The lowest BCUT2D eigenvalue weighted by Gasteiger charge is -2.01. The Balaban J connectivity index is 3.14. The predicted octanol–water partition coefficient (Wildman–Crippen LogP) is 1.28. The van der Waals surface area contributed by atoms with E-state index in [0.717, 1.165) is 0 Å². The van der Waals surface area contributed by atoms with Crippen LogP contribution in [0.15, 0.2) is 4.47 Å². The number of carbonyl (C=O) groups is 1. The molecule has 6 heteroatoms. The SMILES string of the molecule is CCOc1c(Br)c(C(=O)O)nn1C. The summed E-state index contributed by atoms with van der Waals surface area (Å²) in [6.07, 6.45) is 0. The lowest BCUT2D eigenvalue weighted by molar-refractivity contribution is 0.0688. The third kappa shape index (κ3) is 1.82. The Labute approximate surface area is 83.4 Å². The first kappa shape index (κ1) is 10.0. The summed E-state index contributed by atoms with van der Waals surface area (Å²) >= 11 is 3.11. The molecular weight excluding hydrogens is 240 g/mol. The van der Waals surface area contributed by atoms with Crippen molar-refractivity contribution in [3.05, 3.63) is 10.2 Å². The number of carboxylic acid groups (broad SMARTS) is 1. The number of aromatic carboxylic acids is 1. The predicted molar refractivity (Wildman–Crippen MR) is 49.0 cm³/mol. The van der Waals surface area contributed by atoms with Crippen molar-refractivity contribution >= 4 is 21.9 Å². The molecule has 0 aliphatic rings. The van der Waals surface area contributed by atoms with Crippen molar-refractivity contribution in [1.82, 2.24) is 9.78 Å². The van der Waals surface area contributed by atoms with Gasteiger partial charge < -0.3 is 9.84 Å². The topological polar surface area (TPSA) is 64.3 Å². The molecule has 0 fully saturated rings. The van der Waals surface area contributed by atoms with Gasteiger partial charge in [-0.25, -0.2) is 9.48 Å². The summed E-state index contributed by atoms with van der Waals surface area (Å²) in [5.74, 6) is -0.645. The van der Waals surface area contributed by atoms with Crippen molar-refractivity contribution < 1.29 is 14.6 Å². The van der Waals surface area contributed by atoms with E-state index in [9.17, 15) is 4.79 Å². The Hall–Kier alpha value is -1.04. The minimum atomic E-state index is -1.08. The fourth-order valence-corrected chi connectivity index (χ4v) is 1.53. The maximum Gasteiger partial charge on any atom is 0.357 e. The molecule has 13 heavy (non-hydrogen) atoms. The Kier molecular flexibility index (Phi) is 2.92. The van der Waals surface area contributed by atoms with Gasteiger partial charge in [0.15, 0.2) is 5.69 Å². The highest BCUT2D eigenvalue weighted by Crippen LogP contribution is 2.27. The molecule has 1 aromatic heterocycles. The highest BCUT2D eigenvalue weighted by atomic mass is 79.9. The monoisotopic (exact) mass is 248 g/mol. The molecule has 1 N–H and O–H groups in total. The minimum absolute atomic E-state index is 0.0362. The molecule has 0 atom stereocenters. The van der Waals surface area contributed by atoms with E-state index in [4.69, 9.17) is 9.84 Å². The van der Waals surface area contributed by atoms with E-state index >= 15 is 0 Å². The summed E-state index contributed by atoms with van der Waals surface area (Å²) < 4.78 is 6.95. The molecular formula is C7H9BrN2O3. The number of hydrogen-bond acceptors (Lipinski definition) is 3. The van der Waals surface area contributed by atoms with Crippen LogP contribution in [0, 0.1) is 0 Å². The van der Waals surface area contributed by atoms with Crippen LogP contribution >= 0.6 is 15.9 Å². The van der Waals surface area contributed by atoms with E-state index < -0.39 is 5.97 Å². The molecule has 0 aromatic carbocycles. The molecule has 1 heterocycles. The average Bonchev–Trinajstić information content (AvgIpc) is 2.32. The maximum absolute atomic E-state index is 10.6. The van der Waals surface area contributed by atoms with Crippen molar-refractivity contribution in [3.8, 4) is 5.88 Å². The van der Waals surface area contributed by atoms with Gasteiger partial charge in [0, 0.05) is 7.05 Å². The van der Waals surface area contributed by atoms with Crippen LogP contribution in [0.2, 0.25) is 0 Å². The maximum atomic E-state index is 10.6. The summed E-state index contributed by atoms with van der Waals surface area (Å²) in [7, 11) is 1.63. The smallest absolute Gasteiger partial charge is 0.357 e. The van der Waals surface area contributed by atoms with Crippen LogP contribution in [0.25, 0.3) is 0 Å². The summed E-state index contributed by atoms with van der Waals surface area (Å²) in [5.41, 5.74) is -0.0362. The quantitative estimate of drug-likeness (QED) is 0.876. The van der Waals surface area contributed by atoms with Crippen molar-refractivity contribution in [2.75, 3.05) is 6.61 Å². The summed E-state index contributed by atoms with van der Waals surface area (Å²) in [6, 6.07) is 0. The van der Waals surface area contributed by atoms with Crippen molar-refractivity contribution in [1.29, 1.82) is 0 Å². The number of halogens is 1. The Morgan fingerprint density at radius 3 is 2.77 bits per heavy atom. The summed E-state index contributed by atoms with van der Waals surface area (Å²) in [5, 5.41) is 12.5. The summed E-state index contributed by atoms with van der Waals surface area (Å²) in [4.78, 5) is 10.6. The average molecular weight is 249 g/mol. The molecule has 0 bridgehead atoms. The van der Waals surface area contributed by atoms with Crippen LogP contribution in [0.1, 0.15) is 17.4 Å². The van der Waals surface area contributed by atoms with Gasteiger partial charge in [0.2, 0.25) is 5.88 Å². The first-order chi connectivity index (χ1) is 6.07. The fraction of sp³-hybridized carbons (Fsp3) is 0.429. The second-order valence-electron chi connectivity index (χ2n) is 2.33. The van der Waals surface area contributed by atoms with Gasteiger partial charge in [-0.1, -0.05) is 0 Å². The minimum Gasteiger partial charge on any atom is -0.477 e. The van der Waals surface area contributed by atoms with Crippen LogP contribution in [0.3, 0.4) is 0 Å². The van der Waals surface area contributed by atoms with Crippen LogP contribution in [-0.2, 0) is 7.05 Å². The van der Waals surface area contributed by atoms with Gasteiger partial charge in [0.1, 0.15) is 4.47 Å². The second-order valence-corrected chi connectivity index (χ2v) is 3.12. The number of aryl methyl sites for hydroxylation is 1. The Bertz CT molecular complexity index is 335. The molecule has 0 saturated heterocycles. The fourth-order valence-electron chi connectivity index (χ4n) is 0.913. The number of rotatable bonds is 3. The highest BCUT2D eigenvalue weighted by Gasteiger charge is 2.19. The molecule has 5 nitrogen and oxygen atoms in total. The van der Waals surface area contributed by atoms with E-state index in [1.807, 2.05) is 6.92 Å². The number of aromatic nitrogens is 2. The van der Waals surface area contributed by atoms with Crippen molar-refractivity contribution in [2.45, 2.75) is 6.92 Å². The summed E-state index contributed by atoms with van der Waals surface area (Å²) in [6.45, 7) is 2.29. The highest BCUT2D eigenvalue weighted by molar-refractivity contribution is 9.10. The Morgan fingerprint density at radius 1 is 1.77 bits per heavy atom. The number of hydrogen-bond donors (Lipinski definition) is 1. The van der Waals surface area contributed by atoms with Crippen LogP contribution < -0.4 is 4.74 Å². The third-order valence-electron chi connectivity index (χ3n) is 1.42. The van der Waals surface area contributed by atoms with E-state index in [1.165, 1.54) is 4.68 Å². The molecule has 0 unspecified atom stereocenters. The first-order valence-corrected chi connectivity index (χ1v) is 4.45. The number of carboxylic acids is 1. The van der Waals surface area contributed by atoms with E-state index in [1.54, 1.807) is 7.05 Å². The van der Waals surface area contributed by atoms with Crippen LogP contribution in [0.5, 0.6) is 5.88 Å². The molecule has 0 radical (unpaired) electrons. The molecule has 72 valence electrons. The standard InChI is InChI=1S/C7H9BrN2O3/c1-3-13-6-4(8)5(7(11)12)9-10(6)2/h3H2,1-2H3,(H,11,12). The zero-order valence-corrected chi connectivity index (χ0v) is 8.83. The molecule has 0 saturated carbocycles. The van der Waals surface area contributed by atoms with Gasteiger partial charge >= 0.3 is 5.97 Å². The van der Waals surface area contributed by atoms with Gasteiger partial charge in [-0.2, -0.15) is 5.10 Å². The lowest BCUT2D eigenvalue weighted by atomic mass is 10.4.